The molecule has 7 heteroatoms. The van der Waals surface area contributed by atoms with Gasteiger partial charge in [-0.25, -0.2) is 0 Å². The molecule has 0 aliphatic carbocycles. The molecule has 1 fully saturated rings. The van der Waals surface area contributed by atoms with Crippen LogP contribution in [0, 0.1) is 0 Å². The minimum atomic E-state index is -0.155. The van der Waals surface area contributed by atoms with Gasteiger partial charge in [-0.2, -0.15) is 0 Å². The van der Waals surface area contributed by atoms with Gasteiger partial charge in [-0.15, -0.1) is 10.2 Å². The van der Waals surface area contributed by atoms with E-state index in [-0.39, 0.29) is 11.8 Å². The summed E-state index contributed by atoms with van der Waals surface area (Å²) >= 11 is 0. The lowest BCUT2D eigenvalue weighted by Crippen LogP contribution is -2.23. The quantitative estimate of drug-likeness (QED) is 0.664. The number of carbonyl (C=O) groups excluding carboxylic acids is 2. The summed E-state index contributed by atoms with van der Waals surface area (Å²) in [7, 11) is 0. The molecule has 2 aromatic carbocycles. The van der Waals surface area contributed by atoms with Crippen molar-refractivity contribution >= 4 is 17.5 Å². The number of nitrogens with zero attached hydrogens (tertiary/aromatic N) is 4. The summed E-state index contributed by atoms with van der Waals surface area (Å²) in [5.74, 6) is 2.01. The first-order valence-electron chi connectivity index (χ1n) is 11.4. The number of aromatic nitrogens is 3. The fraction of sp³-hybridized carbons (Fsp3) is 0.360. The zero-order valence-corrected chi connectivity index (χ0v) is 18.1. The molecule has 7 nitrogen and oxygen atoms in total. The number of hydrogen-bond acceptors (Lipinski definition) is 4. The van der Waals surface area contributed by atoms with E-state index < -0.39 is 0 Å². The van der Waals surface area contributed by atoms with Crippen molar-refractivity contribution in [1.82, 2.24) is 19.7 Å². The van der Waals surface area contributed by atoms with Crippen molar-refractivity contribution in [3.63, 3.8) is 0 Å². The molecule has 3 heterocycles. The van der Waals surface area contributed by atoms with Crippen LogP contribution in [0.1, 0.15) is 53.8 Å². The van der Waals surface area contributed by atoms with Gasteiger partial charge in [0, 0.05) is 49.3 Å². The second-order valence-corrected chi connectivity index (χ2v) is 8.55. The zero-order valence-electron chi connectivity index (χ0n) is 18.1. The first-order valence-corrected chi connectivity index (χ1v) is 11.4. The van der Waals surface area contributed by atoms with Crippen LogP contribution >= 0.6 is 0 Å². The number of aryl methyl sites for hydroxylation is 1. The average molecular weight is 430 g/mol. The van der Waals surface area contributed by atoms with E-state index in [9.17, 15) is 9.59 Å². The lowest BCUT2D eigenvalue weighted by Gasteiger charge is -2.15. The molecule has 0 unspecified atom stereocenters. The zero-order chi connectivity index (χ0) is 21.9. The number of anilines is 1. The largest absolute Gasteiger partial charge is 0.338 e. The predicted octanol–water partition coefficient (Wildman–Crippen LogP) is 4.05. The molecule has 2 aliphatic heterocycles. The van der Waals surface area contributed by atoms with Gasteiger partial charge >= 0.3 is 0 Å². The fourth-order valence-electron chi connectivity index (χ4n) is 4.46. The topological polar surface area (TPSA) is 80.1 Å². The number of hydrogen-bond donors (Lipinski definition) is 1. The van der Waals surface area contributed by atoms with Crippen molar-refractivity contribution in [2.24, 2.45) is 0 Å². The van der Waals surface area contributed by atoms with Crippen molar-refractivity contribution in [2.45, 2.75) is 51.6 Å². The molecule has 2 amide bonds. The Kier molecular flexibility index (Phi) is 5.71. The Balaban J connectivity index is 1.23. The number of nitrogens with one attached hydrogen (secondary N) is 1. The molecule has 164 valence electrons. The summed E-state index contributed by atoms with van der Waals surface area (Å²) in [6, 6.07) is 15.2. The van der Waals surface area contributed by atoms with Crippen LogP contribution in [-0.4, -0.2) is 38.0 Å². The highest BCUT2D eigenvalue weighted by Crippen LogP contribution is 2.24. The molecule has 2 aliphatic rings. The molecular weight excluding hydrogens is 402 g/mol. The van der Waals surface area contributed by atoms with Crippen molar-refractivity contribution in [3.05, 3.63) is 65.5 Å². The summed E-state index contributed by atoms with van der Waals surface area (Å²) in [6.45, 7) is 2.38. The predicted molar refractivity (Wildman–Crippen MR) is 122 cm³/mol. The van der Waals surface area contributed by atoms with Gasteiger partial charge in [0.25, 0.3) is 5.91 Å². The summed E-state index contributed by atoms with van der Waals surface area (Å²) in [5, 5.41) is 11.7. The molecular formula is C25H27N5O2. The fourth-order valence-corrected chi connectivity index (χ4v) is 4.46. The van der Waals surface area contributed by atoms with E-state index in [2.05, 4.69) is 20.1 Å². The Hall–Kier alpha value is -3.48. The molecule has 0 saturated carbocycles. The maximum atomic E-state index is 12.7. The van der Waals surface area contributed by atoms with Gasteiger partial charge in [0.05, 0.1) is 0 Å². The van der Waals surface area contributed by atoms with Gasteiger partial charge in [0.1, 0.15) is 5.82 Å². The highest BCUT2D eigenvalue weighted by Gasteiger charge is 2.20. The summed E-state index contributed by atoms with van der Waals surface area (Å²) < 4.78 is 2.22. The van der Waals surface area contributed by atoms with E-state index in [0.29, 0.717) is 18.5 Å². The van der Waals surface area contributed by atoms with Crippen LogP contribution in [-0.2, 0) is 24.3 Å². The third kappa shape index (κ3) is 4.28. The third-order valence-corrected chi connectivity index (χ3v) is 6.27. The van der Waals surface area contributed by atoms with Gasteiger partial charge in [-0.3, -0.25) is 9.59 Å². The van der Waals surface area contributed by atoms with Gasteiger partial charge < -0.3 is 14.8 Å². The molecule has 32 heavy (non-hydrogen) atoms. The Morgan fingerprint density at radius 3 is 2.44 bits per heavy atom. The Labute approximate surface area is 187 Å². The maximum Gasteiger partial charge on any atom is 0.255 e. The Morgan fingerprint density at radius 2 is 1.69 bits per heavy atom. The van der Waals surface area contributed by atoms with Gasteiger partial charge in [-0.05, 0) is 61.2 Å². The van der Waals surface area contributed by atoms with E-state index >= 15 is 0 Å². The number of rotatable bonds is 5. The van der Waals surface area contributed by atoms with Crippen LogP contribution < -0.4 is 5.32 Å². The second-order valence-electron chi connectivity index (χ2n) is 8.55. The number of likely N-dealkylation sites (tertiary alicyclic amines) is 1. The van der Waals surface area contributed by atoms with Gasteiger partial charge in [-0.1, -0.05) is 18.6 Å². The van der Waals surface area contributed by atoms with Crippen LogP contribution in [0.15, 0.2) is 48.5 Å². The Morgan fingerprint density at radius 1 is 0.875 bits per heavy atom. The normalized spacial score (nSPS) is 16.0. The smallest absolute Gasteiger partial charge is 0.255 e. The monoisotopic (exact) mass is 429 g/mol. The van der Waals surface area contributed by atoms with Crippen molar-refractivity contribution in [1.29, 1.82) is 0 Å². The van der Waals surface area contributed by atoms with Crippen LogP contribution in [0.4, 0.5) is 5.69 Å². The van der Waals surface area contributed by atoms with Crippen LogP contribution in [0.25, 0.3) is 11.4 Å². The lowest BCUT2D eigenvalue weighted by molar-refractivity contribution is -0.128. The van der Waals surface area contributed by atoms with Crippen LogP contribution in [0.3, 0.4) is 0 Å². The molecule has 0 spiro atoms. The lowest BCUT2D eigenvalue weighted by atomic mass is 10.1. The van der Waals surface area contributed by atoms with Crippen LogP contribution in [0.5, 0.6) is 0 Å². The first-order chi connectivity index (χ1) is 15.7. The van der Waals surface area contributed by atoms with Crippen molar-refractivity contribution < 1.29 is 9.59 Å². The number of carbonyl (C=O) groups is 2. The maximum absolute atomic E-state index is 12.7. The van der Waals surface area contributed by atoms with E-state index in [1.807, 2.05) is 53.4 Å². The van der Waals surface area contributed by atoms with Gasteiger partial charge in [0.15, 0.2) is 5.82 Å². The molecule has 5 rings (SSSR count). The van der Waals surface area contributed by atoms with Crippen molar-refractivity contribution in [3.8, 4) is 11.4 Å². The van der Waals surface area contributed by atoms with Crippen molar-refractivity contribution in [2.75, 3.05) is 11.9 Å². The van der Waals surface area contributed by atoms with E-state index in [0.717, 1.165) is 60.8 Å². The second kappa shape index (κ2) is 8.94. The standard InChI is InChI=1S/C25H27N5O2/c31-23-6-4-15-29(23)17-18-7-9-20(10-8-18)25(32)26-21-13-11-19(12-14-21)24-28-27-22-5-2-1-3-16-30(22)24/h7-14H,1-6,15-17H2,(H,26,32). The summed E-state index contributed by atoms with van der Waals surface area (Å²) in [4.78, 5) is 26.3. The molecule has 1 aromatic heterocycles. The number of benzene rings is 2. The van der Waals surface area contributed by atoms with E-state index in [4.69, 9.17) is 0 Å². The molecule has 1 saturated heterocycles. The average Bonchev–Trinajstić information content (AvgIpc) is 3.32. The molecule has 3 aromatic rings. The SMILES string of the molecule is O=C(Nc1ccc(-c2nnc3n2CCCCC3)cc1)c1ccc(CN2CCCC2=O)cc1. The first kappa shape index (κ1) is 20.4. The van der Waals surface area contributed by atoms with E-state index in [1.54, 1.807) is 0 Å². The molecule has 0 bridgehead atoms. The van der Waals surface area contributed by atoms with Gasteiger partial charge in [0.2, 0.25) is 5.91 Å². The highest BCUT2D eigenvalue weighted by atomic mass is 16.2. The summed E-state index contributed by atoms with van der Waals surface area (Å²) in [6.07, 6.45) is 6.09. The minimum absolute atomic E-state index is 0.155. The molecule has 1 N–H and O–H groups in total. The summed E-state index contributed by atoms with van der Waals surface area (Å²) in [5.41, 5.74) is 3.37. The van der Waals surface area contributed by atoms with Crippen LogP contribution in [0.2, 0.25) is 0 Å². The number of fused-ring (bicyclic) bond motifs is 1. The minimum Gasteiger partial charge on any atom is -0.338 e. The van der Waals surface area contributed by atoms with E-state index in [1.165, 1.54) is 12.8 Å². The number of amides is 2. The highest BCUT2D eigenvalue weighted by molar-refractivity contribution is 6.04. The third-order valence-electron chi connectivity index (χ3n) is 6.27. The Bertz CT molecular complexity index is 1120. The molecule has 0 radical (unpaired) electrons. The molecule has 0 atom stereocenters.